The summed E-state index contributed by atoms with van der Waals surface area (Å²) in [5, 5.41) is 23.2. The summed E-state index contributed by atoms with van der Waals surface area (Å²) in [5.74, 6) is 0.178. The van der Waals surface area contributed by atoms with E-state index in [0.717, 1.165) is 17.1 Å². The molecule has 1 N–H and O–H groups in total. The lowest BCUT2D eigenvalue weighted by Gasteiger charge is -2.09. The second kappa shape index (κ2) is 9.62. The number of aromatic nitrogens is 1. The van der Waals surface area contributed by atoms with Crippen molar-refractivity contribution in [1.29, 1.82) is 5.26 Å². The highest BCUT2D eigenvalue weighted by Crippen LogP contribution is 2.25. The summed E-state index contributed by atoms with van der Waals surface area (Å²) >= 11 is 0. The van der Waals surface area contributed by atoms with E-state index in [4.69, 9.17) is 4.74 Å². The van der Waals surface area contributed by atoms with Crippen LogP contribution in [0.1, 0.15) is 23.9 Å². The smallest absolute Gasteiger partial charge is 0.269 e. The highest BCUT2D eigenvalue weighted by molar-refractivity contribution is 6.09. The Bertz CT molecular complexity index is 1220. The second-order valence-electron chi connectivity index (χ2n) is 7.02. The van der Waals surface area contributed by atoms with Crippen molar-refractivity contribution < 1.29 is 14.5 Å². The quantitative estimate of drug-likeness (QED) is 0.247. The van der Waals surface area contributed by atoms with Gasteiger partial charge in [-0.15, -0.1) is 0 Å². The van der Waals surface area contributed by atoms with Crippen molar-refractivity contribution in [3.8, 4) is 17.5 Å². The van der Waals surface area contributed by atoms with Crippen molar-refractivity contribution in [3.63, 3.8) is 0 Å². The normalized spacial score (nSPS) is 11.0. The average Bonchev–Trinajstić information content (AvgIpc) is 3.06. The maximum Gasteiger partial charge on any atom is 0.269 e. The van der Waals surface area contributed by atoms with Crippen LogP contribution in [0.25, 0.3) is 11.8 Å². The Morgan fingerprint density at radius 2 is 1.84 bits per heavy atom. The molecular formula is C24H22N4O4. The number of aryl methyl sites for hydroxylation is 1. The first-order chi connectivity index (χ1) is 15.3. The molecule has 0 bridgehead atoms. The number of nitro groups is 1. The number of anilines is 1. The fourth-order valence-electron chi connectivity index (χ4n) is 3.36. The molecule has 8 nitrogen and oxygen atoms in total. The van der Waals surface area contributed by atoms with Crippen LogP contribution >= 0.6 is 0 Å². The first-order valence-electron chi connectivity index (χ1n) is 9.93. The van der Waals surface area contributed by atoms with Crippen molar-refractivity contribution >= 4 is 23.4 Å². The van der Waals surface area contributed by atoms with E-state index in [0.29, 0.717) is 23.6 Å². The van der Waals surface area contributed by atoms with Crippen molar-refractivity contribution in [2.24, 2.45) is 0 Å². The molecule has 162 valence electrons. The topological polar surface area (TPSA) is 110 Å². The third-order valence-electron chi connectivity index (χ3n) is 4.88. The van der Waals surface area contributed by atoms with Crippen LogP contribution in [0.5, 0.6) is 5.75 Å². The Labute approximate surface area is 185 Å². The molecule has 1 heterocycles. The highest BCUT2D eigenvalue weighted by atomic mass is 16.6. The van der Waals surface area contributed by atoms with Crippen LogP contribution in [0.4, 0.5) is 11.4 Å². The van der Waals surface area contributed by atoms with E-state index >= 15 is 0 Å². The van der Waals surface area contributed by atoms with Gasteiger partial charge >= 0.3 is 0 Å². The van der Waals surface area contributed by atoms with Gasteiger partial charge in [-0.2, -0.15) is 5.26 Å². The molecule has 0 unspecified atom stereocenters. The van der Waals surface area contributed by atoms with Crippen LogP contribution in [-0.4, -0.2) is 22.0 Å². The molecular weight excluding hydrogens is 408 g/mol. The molecule has 8 heteroatoms. The van der Waals surface area contributed by atoms with Gasteiger partial charge in [0.05, 0.1) is 11.5 Å². The third-order valence-corrected chi connectivity index (χ3v) is 4.88. The summed E-state index contributed by atoms with van der Waals surface area (Å²) in [6, 6.07) is 16.9. The second-order valence-corrected chi connectivity index (χ2v) is 7.02. The lowest BCUT2D eigenvalue weighted by molar-refractivity contribution is -0.384. The highest BCUT2D eigenvalue weighted by Gasteiger charge is 2.15. The van der Waals surface area contributed by atoms with Crippen LogP contribution in [0.15, 0.2) is 60.2 Å². The van der Waals surface area contributed by atoms with Crippen LogP contribution in [-0.2, 0) is 4.79 Å². The number of ether oxygens (including phenoxy) is 1. The van der Waals surface area contributed by atoms with E-state index in [-0.39, 0.29) is 11.3 Å². The van der Waals surface area contributed by atoms with Gasteiger partial charge < -0.3 is 14.6 Å². The SMILES string of the molecule is CCOc1ccc(NC(=O)/C(C#N)=C/c2cc(C)n(-c3ccc([N+](=O)[O-])cc3)c2C)cc1. The number of hydrogen-bond donors (Lipinski definition) is 1. The molecule has 1 aromatic heterocycles. The summed E-state index contributed by atoms with van der Waals surface area (Å²) in [6.45, 7) is 6.18. The van der Waals surface area contributed by atoms with E-state index in [9.17, 15) is 20.2 Å². The first-order valence-corrected chi connectivity index (χ1v) is 9.93. The van der Waals surface area contributed by atoms with Gasteiger partial charge in [0.25, 0.3) is 11.6 Å². The van der Waals surface area contributed by atoms with Gasteiger partial charge in [-0.25, -0.2) is 0 Å². The number of nitrogens with one attached hydrogen (secondary N) is 1. The van der Waals surface area contributed by atoms with Crippen molar-refractivity contribution in [3.05, 3.63) is 87.2 Å². The lowest BCUT2D eigenvalue weighted by atomic mass is 10.1. The van der Waals surface area contributed by atoms with Crippen LogP contribution < -0.4 is 10.1 Å². The van der Waals surface area contributed by atoms with Gasteiger partial charge in [0, 0.05) is 34.9 Å². The minimum atomic E-state index is -0.517. The molecule has 0 fully saturated rings. The predicted octanol–water partition coefficient (Wildman–Crippen LogP) is 4.95. The van der Waals surface area contributed by atoms with E-state index in [1.807, 2.05) is 37.5 Å². The number of rotatable bonds is 7. The van der Waals surface area contributed by atoms with Gasteiger partial charge in [0.1, 0.15) is 17.4 Å². The summed E-state index contributed by atoms with van der Waals surface area (Å²) in [4.78, 5) is 23.1. The number of carbonyl (C=O) groups is 1. The van der Waals surface area contributed by atoms with Gasteiger partial charge in [0.15, 0.2) is 0 Å². The summed E-state index contributed by atoms with van der Waals surface area (Å²) in [5.41, 5.74) is 3.65. The molecule has 3 aromatic rings. The molecule has 0 saturated carbocycles. The standard InChI is InChI=1S/C24H22N4O4/c1-4-32-23-11-5-20(6-12-23)26-24(29)19(15-25)14-18-13-16(2)27(17(18)3)21-7-9-22(10-8-21)28(30)31/h5-14H,4H2,1-3H3,(H,26,29)/b19-14+. The number of nitro benzene ring substituents is 1. The molecule has 0 spiro atoms. The monoisotopic (exact) mass is 430 g/mol. The Morgan fingerprint density at radius 3 is 2.41 bits per heavy atom. The minimum Gasteiger partial charge on any atom is -0.494 e. The number of nitrogens with zero attached hydrogens (tertiary/aromatic N) is 3. The van der Waals surface area contributed by atoms with Crippen molar-refractivity contribution in [2.45, 2.75) is 20.8 Å². The van der Waals surface area contributed by atoms with Crippen molar-refractivity contribution in [1.82, 2.24) is 4.57 Å². The molecule has 32 heavy (non-hydrogen) atoms. The zero-order valence-corrected chi connectivity index (χ0v) is 18.0. The number of amides is 1. The van der Waals surface area contributed by atoms with Gasteiger partial charge in [0.2, 0.25) is 0 Å². The van der Waals surface area contributed by atoms with Crippen molar-refractivity contribution in [2.75, 3.05) is 11.9 Å². The maximum atomic E-state index is 12.6. The van der Waals surface area contributed by atoms with E-state index in [1.165, 1.54) is 18.2 Å². The fraction of sp³-hybridized carbons (Fsp3) is 0.167. The minimum absolute atomic E-state index is 0.00839. The zero-order valence-electron chi connectivity index (χ0n) is 18.0. The summed E-state index contributed by atoms with van der Waals surface area (Å²) in [7, 11) is 0. The molecule has 3 rings (SSSR count). The fourth-order valence-corrected chi connectivity index (χ4v) is 3.36. The van der Waals surface area contributed by atoms with E-state index < -0.39 is 10.8 Å². The molecule has 0 aliphatic heterocycles. The van der Waals surface area contributed by atoms with Gasteiger partial charge in [-0.1, -0.05) is 0 Å². The number of carbonyl (C=O) groups excluding carboxylic acids is 1. The third kappa shape index (κ3) is 4.84. The Balaban J connectivity index is 1.85. The lowest BCUT2D eigenvalue weighted by Crippen LogP contribution is -2.13. The Morgan fingerprint density at radius 1 is 1.19 bits per heavy atom. The van der Waals surface area contributed by atoms with Crippen LogP contribution in [0.3, 0.4) is 0 Å². The van der Waals surface area contributed by atoms with Crippen LogP contribution in [0, 0.1) is 35.3 Å². The Kier molecular flexibility index (Phi) is 6.71. The molecule has 0 saturated heterocycles. The van der Waals surface area contributed by atoms with E-state index in [1.54, 1.807) is 36.4 Å². The molecule has 0 aliphatic rings. The number of hydrogen-bond acceptors (Lipinski definition) is 5. The number of nitriles is 1. The maximum absolute atomic E-state index is 12.6. The predicted molar refractivity (Wildman–Crippen MR) is 122 cm³/mol. The van der Waals surface area contributed by atoms with Gasteiger partial charge in [-0.3, -0.25) is 14.9 Å². The summed E-state index contributed by atoms with van der Waals surface area (Å²) < 4.78 is 7.29. The van der Waals surface area contributed by atoms with Gasteiger partial charge in [-0.05, 0) is 74.9 Å². The molecule has 0 atom stereocenters. The summed E-state index contributed by atoms with van der Waals surface area (Å²) in [6.07, 6.45) is 1.54. The average molecular weight is 430 g/mol. The Hall–Kier alpha value is -4.38. The largest absolute Gasteiger partial charge is 0.494 e. The first kappa shape index (κ1) is 22.3. The molecule has 1 amide bonds. The van der Waals surface area contributed by atoms with Crippen LogP contribution in [0.2, 0.25) is 0 Å². The molecule has 0 aliphatic carbocycles. The number of non-ortho nitro benzene ring substituents is 1. The molecule has 2 aromatic carbocycles. The number of benzene rings is 2. The molecule has 0 radical (unpaired) electrons. The zero-order chi connectivity index (χ0) is 23.3. The van der Waals surface area contributed by atoms with E-state index in [2.05, 4.69) is 5.32 Å².